The number of nitrogens with one attached hydrogen (secondary N) is 1. The molecule has 0 saturated carbocycles. The Morgan fingerprint density at radius 2 is 1.36 bits per heavy atom. The molecule has 1 aromatic heterocycles. The molecule has 0 unspecified atom stereocenters. The Morgan fingerprint density at radius 1 is 0.800 bits per heavy atom. The van der Waals surface area contributed by atoms with Gasteiger partial charge in [-0.25, -0.2) is 4.98 Å². The summed E-state index contributed by atoms with van der Waals surface area (Å²) in [5.41, 5.74) is 4.28. The Balaban J connectivity index is 1.74. The van der Waals surface area contributed by atoms with Crippen LogP contribution in [0.4, 0.5) is 0 Å². The fourth-order valence-corrected chi connectivity index (χ4v) is 3.47. The van der Waals surface area contributed by atoms with E-state index in [9.17, 15) is 0 Å². The average molecular weight is 367 g/mol. The van der Waals surface area contributed by atoms with Crippen molar-refractivity contribution in [2.24, 2.45) is 0 Å². The number of halogens is 2. The Morgan fingerprint density at radius 3 is 1.96 bits per heavy atom. The van der Waals surface area contributed by atoms with Crippen LogP contribution in [0.1, 0.15) is 22.9 Å². The SMILES string of the molecule is Clc1cc2nc(CC(c3ccccc3)c3ccccc3)[nH]c2cc1Cl. The van der Waals surface area contributed by atoms with Gasteiger partial charge in [-0.3, -0.25) is 0 Å². The van der Waals surface area contributed by atoms with Crippen molar-refractivity contribution in [1.82, 2.24) is 9.97 Å². The number of hydrogen-bond acceptors (Lipinski definition) is 1. The first-order chi connectivity index (χ1) is 12.2. The Bertz CT molecular complexity index is 916. The molecule has 2 nitrogen and oxygen atoms in total. The van der Waals surface area contributed by atoms with E-state index in [0.29, 0.717) is 10.0 Å². The van der Waals surface area contributed by atoms with Gasteiger partial charge in [-0.05, 0) is 23.3 Å². The summed E-state index contributed by atoms with van der Waals surface area (Å²) < 4.78 is 0. The second kappa shape index (κ2) is 6.91. The van der Waals surface area contributed by atoms with E-state index in [4.69, 9.17) is 28.2 Å². The normalized spacial score (nSPS) is 11.3. The average Bonchev–Trinajstić information content (AvgIpc) is 3.03. The largest absolute Gasteiger partial charge is 0.342 e. The van der Waals surface area contributed by atoms with Crippen LogP contribution < -0.4 is 0 Å². The molecule has 4 aromatic rings. The van der Waals surface area contributed by atoms with Crippen LogP contribution in [0.3, 0.4) is 0 Å². The third kappa shape index (κ3) is 3.41. The Hall–Kier alpha value is -2.29. The third-order valence-corrected chi connectivity index (χ3v) is 5.10. The lowest BCUT2D eigenvalue weighted by Crippen LogP contribution is -2.06. The fourth-order valence-electron chi connectivity index (χ4n) is 3.15. The predicted octanol–water partition coefficient (Wildman–Crippen LogP) is 6.24. The first kappa shape index (κ1) is 16.2. The molecule has 0 atom stereocenters. The number of imidazole rings is 1. The molecule has 4 rings (SSSR count). The van der Waals surface area contributed by atoms with Gasteiger partial charge in [0.15, 0.2) is 0 Å². The summed E-state index contributed by atoms with van der Waals surface area (Å²) in [5.74, 6) is 1.15. The van der Waals surface area contributed by atoms with Crippen molar-refractivity contribution < 1.29 is 0 Å². The second-order valence-electron chi connectivity index (χ2n) is 6.05. The third-order valence-electron chi connectivity index (χ3n) is 4.37. The topological polar surface area (TPSA) is 28.7 Å². The lowest BCUT2D eigenvalue weighted by molar-refractivity contribution is 0.769. The molecule has 0 fully saturated rings. The minimum Gasteiger partial charge on any atom is -0.342 e. The standard InChI is InChI=1S/C21H16Cl2N2/c22-17-12-19-20(13-18(17)23)25-21(24-19)11-16(14-7-3-1-4-8-14)15-9-5-2-6-10-15/h1-10,12-13,16H,11H2,(H,24,25). The molecule has 0 aliphatic carbocycles. The summed E-state index contributed by atoms with van der Waals surface area (Å²) in [6.07, 6.45) is 0.776. The lowest BCUT2D eigenvalue weighted by Gasteiger charge is -2.17. The zero-order valence-corrected chi connectivity index (χ0v) is 14.9. The molecule has 3 aromatic carbocycles. The zero-order chi connectivity index (χ0) is 17.2. The highest BCUT2D eigenvalue weighted by Crippen LogP contribution is 2.30. The summed E-state index contributed by atoms with van der Waals surface area (Å²) in [6, 6.07) is 24.6. The van der Waals surface area contributed by atoms with Crippen LogP contribution in [-0.2, 0) is 6.42 Å². The van der Waals surface area contributed by atoms with Crippen LogP contribution in [-0.4, -0.2) is 9.97 Å². The van der Waals surface area contributed by atoms with Gasteiger partial charge < -0.3 is 4.98 Å². The van der Waals surface area contributed by atoms with E-state index in [1.807, 2.05) is 18.2 Å². The maximum Gasteiger partial charge on any atom is 0.108 e. The van der Waals surface area contributed by atoms with Crippen molar-refractivity contribution in [2.45, 2.75) is 12.3 Å². The van der Waals surface area contributed by atoms with E-state index >= 15 is 0 Å². The van der Waals surface area contributed by atoms with Gasteiger partial charge in [0, 0.05) is 12.3 Å². The minimum absolute atomic E-state index is 0.230. The Kier molecular flexibility index (Phi) is 4.48. The van der Waals surface area contributed by atoms with Crippen molar-refractivity contribution in [1.29, 1.82) is 0 Å². The molecule has 25 heavy (non-hydrogen) atoms. The van der Waals surface area contributed by atoms with Gasteiger partial charge in [-0.1, -0.05) is 83.9 Å². The lowest BCUT2D eigenvalue weighted by atomic mass is 9.88. The van der Waals surface area contributed by atoms with Crippen molar-refractivity contribution >= 4 is 34.2 Å². The van der Waals surface area contributed by atoms with E-state index < -0.39 is 0 Å². The molecule has 0 radical (unpaired) electrons. The molecule has 0 aliphatic rings. The first-order valence-electron chi connectivity index (χ1n) is 8.14. The van der Waals surface area contributed by atoms with Gasteiger partial charge in [0.1, 0.15) is 5.82 Å². The Labute approximate surface area is 156 Å². The van der Waals surface area contributed by atoms with Crippen LogP contribution in [0.15, 0.2) is 72.8 Å². The van der Waals surface area contributed by atoms with Crippen molar-refractivity contribution in [3.05, 3.63) is 99.8 Å². The summed E-state index contributed by atoms with van der Waals surface area (Å²) in [6.45, 7) is 0. The molecule has 0 aliphatic heterocycles. The van der Waals surface area contributed by atoms with E-state index in [0.717, 1.165) is 23.3 Å². The molecule has 4 heteroatoms. The smallest absolute Gasteiger partial charge is 0.108 e. The molecule has 0 spiro atoms. The van der Waals surface area contributed by atoms with E-state index in [1.165, 1.54) is 11.1 Å². The molecule has 0 saturated heterocycles. The number of hydrogen-bond donors (Lipinski definition) is 1. The number of aromatic nitrogens is 2. The van der Waals surface area contributed by atoms with Crippen molar-refractivity contribution in [3.63, 3.8) is 0 Å². The van der Waals surface area contributed by atoms with Crippen LogP contribution >= 0.6 is 23.2 Å². The number of H-pyrrole nitrogens is 1. The fraction of sp³-hybridized carbons (Fsp3) is 0.0952. The summed E-state index contributed by atoms with van der Waals surface area (Å²) in [5, 5.41) is 1.06. The van der Waals surface area contributed by atoms with Crippen LogP contribution in [0.25, 0.3) is 11.0 Å². The van der Waals surface area contributed by atoms with Gasteiger partial charge in [-0.2, -0.15) is 0 Å². The van der Waals surface area contributed by atoms with Crippen LogP contribution in [0.2, 0.25) is 10.0 Å². The van der Waals surface area contributed by atoms with Crippen molar-refractivity contribution in [3.8, 4) is 0 Å². The summed E-state index contributed by atoms with van der Waals surface area (Å²) in [7, 11) is 0. The first-order valence-corrected chi connectivity index (χ1v) is 8.90. The predicted molar refractivity (Wildman–Crippen MR) is 105 cm³/mol. The molecule has 0 bridgehead atoms. The maximum atomic E-state index is 6.11. The van der Waals surface area contributed by atoms with Gasteiger partial charge in [0.05, 0.1) is 21.1 Å². The van der Waals surface area contributed by atoms with Gasteiger partial charge in [0.25, 0.3) is 0 Å². The van der Waals surface area contributed by atoms with E-state index in [1.54, 1.807) is 6.07 Å². The molecule has 0 amide bonds. The van der Waals surface area contributed by atoms with Crippen LogP contribution in [0, 0.1) is 0 Å². The number of nitrogens with zero attached hydrogens (tertiary/aromatic N) is 1. The quantitative estimate of drug-likeness (QED) is 0.454. The summed E-state index contributed by atoms with van der Waals surface area (Å²) >= 11 is 12.2. The van der Waals surface area contributed by atoms with E-state index in [-0.39, 0.29) is 5.92 Å². The number of rotatable bonds is 4. The number of benzene rings is 3. The monoisotopic (exact) mass is 366 g/mol. The molecule has 1 N–H and O–H groups in total. The number of fused-ring (bicyclic) bond motifs is 1. The number of aromatic amines is 1. The zero-order valence-electron chi connectivity index (χ0n) is 13.4. The minimum atomic E-state index is 0.230. The molecular formula is C21H16Cl2N2. The highest BCUT2D eigenvalue weighted by Gasteiger charge is 2.17. The molecule has 124 valence electrons. The summed E-state index contributed by atoms with van der Waals surface area (Å²) in [4.78, 5) is 8.09. The highest BCUT2D eigenvalue weighted by molar-refractivity contribution is 6.42. The van der Waals surface area contributed by atoms with Crippen molar-refractivity contribution in [2.75, 3.05) is 0 Å². The van der Waals surface area contributed by atoms with E-state index in [2.05, 4.69) is 53.5 Å². The second-order valence-corrected chi connectivity index (χ2v) is 6.86. The maximum absolute atomic E-state index is 6.11. The molecular weight excluding hydrogens is 351 g/mol. The van der Waals surface area contributed by atoms with Gasteiger partial charge in [0.2, 0.25) is 0 Å². The van der Waals surface area contributed by atoms with Gasteiger partial charge >= 0.3 is 0 Å². The van der Waals surface area contributed by atoms with Crippen LogP contribution in [0.5, 0.6) is 0 Å². The molecule has 1 heterocycles. The highest BCUT2D eigenvalue weighted by atomic mass is 35.5. The van der Waals surface area contributed by atoms with Gasteiger partial charge in [-0.15, -0.1) is 0 Å².